The lowest BCUT2D eigenvalue weighted by molar-refractivity contribution is -0.137. The summed E-state index contributed by atoms with van der Waals surface area (Å²) >= 11 is 0. The molecule has 0 saturated carbocycles. The number of nitrogens with one attached hydrogen (secondary N) is 1. The fourth-order valence-electron chi connectivity index (χ4n) is 2.00. The highest BCUT2D eigenvalue weighted by molar-refractivity contribution is 5.26. The molecule has 0 aliphatic rings. The highest BCUT2D eigenvalue weighted by Crippen LogP contribution is 2.30. The summed E-state index contributed by atoms with van der Waals surface area (Å²) in [6.45, 7) is 7.17. The van der Waals surface area contributed by atoms with Crippen molar-refractivity contribution in [2.75, 3.05) is 6.54 Å². The first-order chi connectivity index (χ1) is 8.84. The predicted molar refractivity (Wildman–Crippen MR) is 72.1 cm³/mol. The van der Waals surface area contributed by atoms with Crippen LogP contribution in [-0.4, -0.2) is 12.6 Å². The lowest BCUT2D eigenvalue weighted by Crippen LogP contribution is -2.33. The van der Waals surface area contributed by atoms with Gasteiger partial charge in [0, 0.05) is 6.04 Å². The summed E-state index contributed by atoms with van der Waals surface area (Å²) in [5, 5.41) is 3.37. The van der Waals surface area contributed by atoms with E-state index in [2.05, 4.69) is 26.1 Å². The standard InChI is InChI=1S/C15H22F3N/c1-4-8-19-12(3)11(2)9-13-6-5-7-14(10-13)15(16,17)18/h5-7,10-12,19H,4,8-9H2,1-3H3. The minimum atomic E-state index is -4.26. The average Bonchev–Trinajstić information content (AvgIpc) is 2.35. The predicted octanol–water partition coefficient (Wildman–Crippen LogP) is 4.27. The van der Waals surface area contributed by atoms with Crippen molar-refractivity contribution >= 4 is 0 Å². The van der Waals surface area contributed by atoms with Gasteiger partial charge in [0.1, 0.15) is 0 Å². The number of benzene rings is 1. The summed E-state index contributed by atoms with van der Waals surface area (Å²) in [6, 6.07) is 5.91. The monoisotopic (exact) mass is 273 g/mol. The highest BCUT2D eigenvalue weighted by Gasteiger charge is 2.30. The molecule has 0 saturated heterocycles. The van der Waals surface area contributed by atoms with Gasteiger partial charge in [0.25, 0.3) is 0 Å². The Balaban J connectivity index is 2.66. The zero-order valence-electron chi connectivity index (χ0n) is 11.7. The minimum Gasteiger partial charge on any atom is -0.314 e. The van der Waals surface area contributed by atoms with Crippen molar-refractivity contribution in [2.24, 2.45) is 5.92 Å². The number of alkyl halides is 3. The maximum absolute atomic E-state index is 12.6. The molecule has 0 aliphatic carbocycles. The molecule has 0 radical (unpaired) electrons. The number of rotatable bonds is 6. The van der Waals surface area contributed by atoms with Gasteiger partial charge < -0.3 is 5.32 Å². The van der Waals surface area contributed by atoms with E-state index in [1.165, 1.54) is 12.1 Å². The minimum absolute atomic E-state index is 0.300. The van der Waals surface area contributed by atoms with Crippen LogP contribution in [-0.2, 0) is 12.6 Å². The van der Waals surface area contributed by atoms with Crippen LogP contribution in [0.5, 0.6) is 0 Å². The summed E-state index contributed by atoms with van der Waals surface area (Å²) in [5.74, 6) is 0.301. The van der Waals surface area contributed by atoms with Crippen molar-refractivity contribution in [2.45, 2.75) is 45.8 Å². The second-order valence-electron chi connectivity index (χ2n) is 5.12. The van der Waals surface area contributed by atoms with Crippen molar-refractivity contribution in [1.82, 2.24) is 5.32 Å². The van der Waals surface area contributed by atoms with Gasteiger partial charge >= 0.3 is 6.18 Å². The van der Waals surface area contributed by atoms with Crippen LogP contribution in [0, 0.1) is 5.92 Å². The van der Waals surface area contributed by atoms with Crippen LogP contribution in [0.3, 0.4) is 0 Å². The zero-order chi connectivity index (χ0) is 14.5. The third-order valence-electron chi connectivity index (χ3n) is 3.38. The molecule has 1 nitrogen and oxygen atoms in total. The van der Waals surface area contributed by atoms with Crippen molar-refractivity contribution in [1.29, 1.82) is 0 Å². The Labute approximate surface area is 113 Å². The Morgan fingerprint density at radius 2 is 1.89 bits per heavy atom. The van der Waals surface area contributed by atoms with Crippen LogP contribution in [0.25, 0.3) is 0 Å². The van der Waals surface area contributed by atoms with Crippen LogP contribution in [0.4, 0.5) is 13.2 Å². The lowest BCUT2D eigenvalue weighted by Gasteiger charge is -2.21. The van der Waals surface area contributed by atoms with Gasteiger partial charge in [0.05, 0.1) is 5.56 Å². The second kappa shape index (κ2) is 6.94. The normalized spacial score (nSPS) is 15.3. The third kappa shape index (κ3) is 5.23. The molecule has 2 unspecified atom stereocenters. The van der Waals surface area contributed by atoms with Crippen molar-refractivity contribution < 1.29 is 13.2 Å². The molecule has 0 amide bonds. The molecule has 1 rings (SSSR count). The Bertz CT molecular complexity index is 387. The van der Waals surface area contributed by atoms with Gasteiger partial charge in [0.15, 0.2) is 0 Å². The van der Waals surface area contributed by atoms with Gasteiger partial charge in [-0.2, -0.15) is 13.2 Å². The first kappa shape index (κ1) is 16.0. The molecular formula is C15H22F3N. The fourth-order valence-corrected chi connectivity index (χ4v) is 2.00. The Hall–Kier alpha value is -1.03. The molecule has 19 heavy (non-hydrogen) atoms. The summed E-state index contributed by atoms with van der Waals surface area (Å²) in [7, 11) is 0. The van der Waals surface area contributed by atoms with Gasteiger partial charge in [-0.25, -0.2) is 0 Å². The van der Waals surface area contributed by atoms with Crippen molar-refractivity contribution in [3.05, 3.63) is 35.4 Å². The van der Waals surface area contributed by atoms with E-state index >= 15 is 0 Å². The van der Waals surface area contributed by atoms with E-state index in [0.29, 0.717) is 18.4 Å². The maximum Gasteiger partial charge on any atom is 0.416 e. The molecule has 4 heteroatoms. The van der Waals surface area contributed by atoms with Crippen molar-refractivity contribution in [3.63, 3.8) is 0 Å². The molecule has 0 heterocycles. The third-order valence-corrected chi connectivity index (χ3v) is 3.38. The molecule has 1 N–H and O–H groups in total. The van der Waals surface area contributed by atoms with E-state index in [1.807, 2.05) is 0 Å². The van der Waals surface area contributed by atoms with Crippen LogP contribution >= 0.6 is 0 Å². The molecule has 1 aromatic carbocycles. The number of hydrogen-bond acceptors (Lipinski definition) is 1. The zero-order valence-corrected chi connectivity index (χ0v) is 11.7. The van der Waals surface area contributed by atoms with Gasteiger partial charge in [-0.05, 0) is 43.9 Å². The Morgan fingerprint density at radius 1 is 1.21 bits per heavy atom. The van der Waals surface area contributed by atoms with E-state index in [0.717, 1.165) is 24.6 Å². The smallest absolute Gasteiger partial charge is 0.314 e. The number of halogens is 3. The molecule has 0 aliphatic heterocycles. The Kier molecular flexibility index (Phi) is 5.85. The largest absolute Gasteiger partial charge is 0.416 e. The van der Waals surface area contributed by atoms with Crippen LogP contribution in [0.2, 0.25) is 0 Å². The summed E-state index contributed by atoms with van der Waals surface area (Å²) in [6.07, 6.45) is -2.55. The van der Waals surface area contributed by atoms with E-state index in [9.17, 15) is 13.2 Å². The molecular weight excluding hydrogens is 251 g/mol. The maximum atomic E-state index is 12.6. The average molecular weight is 273 g/mol. The molecule has 0 fully saturated rings. The molecule has 0 bridgehead atoms. The van der Waals surface area contributed by atoms with Crippen LogP contribution in [0.15, 0.2) is 24.3 Å². The van der Waals surface area contributed by atoms with E-state index < -0.39 is 11.7 Å². The summed E-state index contributed by atoms with van der Waals surface area (Å²) in [4.78, 5) is 0. The van der Waals surface area contributed by atoms with Gasteiger partial charge in [0.2, 0.25) is 0 Å². The van der Waals surface area contributed by atoms with Gasteiger partial charge in [-0.1, -0.05) is 32.0 Å². The second-order valence-corrected chi connectivity index (χ2v) is 5.12. The van der Waals surface area contributed by atoms with Gasteiger partial charge in [-0.15, -0.1) is 0 Å². The highest BCUT2D eigenvalue weighted by atomic mass is 19.4. The lowest BCUT2D eigenvalue weighted by atomic mass is 9.94. The molecule has 0 spiro atoms. The molecule has 1 aromatic rings. The van der Waals surface area contributed by atoms with Crippen LogP contribution < -0.4 is 5.32 Å². The molecule has 108 valence electrons. The van der Waals surface area contributed by atoms with Crippen molar-refractivity contribution in [3.8, 4) is 0 Å². The Morgan fingerprint density at radius 3 is 2.47 bits per heavy atom. The summed E-state index contributed by atoms with van der Waals surface area (Å²) in [5.41, 5.74) is 0.179. The van der Waals surface area contributed by atoms with Gasteiger partial charge in [-0.3, -0.25) is 0 Å². The quantitative estimate of drug-likeness (QED) is 0.816. The molecule has 0 aromatic heterocycles. The summed E-state index contributed by atoms with van der Waals surface area (Å²) < 4.78 is 37.9. The van der Waals surface area contributed by atoms with E-state index in [-0.39, 0.29) is 0 Å². The SMILES string of the molecule is CCCNC(C)C(C)Cc1cccc(C(F)(F)F)c1. The first-order valence-electron chi connectivity index (χ1n) is 6.74. The van der Waals surface area contributed by atoms with E-state index in [4.69, 9.17) is 0 Å². The number of hydrogen-bond donors (Lipinski definition) is 1. The first-order valence-corrected chi connectivity index (χ1v) is 6.74. The fraction of sp³-hybridized carbons (Fsp3) is 0.600. The van der Waals surface area contributed by atoms with E-state index in [1.54, 1.807) is 6.07 Å². The molecule has 2 atom stereocenters. The van der Waals surface area contributed by atoms with Crippen LogP contribution in [0.1, 0.15) is 38.3 Å². The topological polar surface area (TPSA) is 12.0 Å².